The molecular weight excluding hydrogens is 349 g/mol. The van der Waals surface area contributed by atoms with Crippen molar-refractivity contribution >= 4 is 17.6 Å². The predicted molar refractivity (Wildman–Crippen MR) is 89.7 cm³/mol. The van der Waals surface area contributed by atoms with E-state index in [-0.39, 0.29) is 25.0 Å². The molecule has 1 aromatic rings. The molecule has 6 heteroatoms. The zero-order chi connectivity index (χ0) is 16.7. The van der Waals surface area contributed by atoms with E-state index in [1.807, 2.05) is 0 Å². The average molecular weight is 372 g/mol. The van der Waals surface area contributed by atoms with Crippen LogP contribution in [0.1, 0.15) is 26.2 Å². The van der Waals surface area contributed by atoms with Crippen LogP contribution >= 0.6 is 11.6 Å². The Balaban J connectivity index is 0.00000288. The van der Waals surface area contributed by atoms with Crippen molar-refractivity contribution in [1.29, 1.82) is 0 Å². The van der Waals surface area contributed by atoms with Crippen molar-refractivity contribution in [1.82, 2.24) is 0 Å². The summed E-state index contributed by atoms with van der Waals surface area (Å²) in [4.78, 5) is 13.1. The molecule has 132 valence electrons. The second-order valence-corrected chi connectivity index (χ2v) is 6.26. The molecule has 0 saturated carbocycles. The average Bonchev–Trinajstić information content (AvgIpc) is 2.56. The third-order valence-corrected chi connectivity index (χ3v) is 4.20. The van der Waals surface area contributed by atoms with E-state index in [0.29, 0.717) is 11.4 Å². The van der Waals surface area contributed by atoms with E-state index in [1.165, 1.54) is 4.90 Å². The van der Waals surface area contributed by atoms with Gasteiger partial charge in [-0.2, -0.15) is 0 Å². The number of hydrogen-bond donors (Lipinski definition) is 1. The van der Waals surface area contributed by atoms with Crippen LogP contribution in [0.25, 0.3) is 0 Å². The van der Waals surface area contributed by atoms with Gasteiger partial charge in [-0.15, -0.1) is 0 Å². The minimum absolute atomic E-state index is 0. The number of halogens is 2. The van der Waals surface area contributed by atoms with Crippen molar-refractivity contribution < 1.29 is 31.6 Å². The van der Waals surface area contributed by atoms with Gasteiger partial charge in [-0.3, -0.25) is 4.79 Å². The fourth-order valence-corrected chi connectivity index (χ4v) is 2.60. The summed E-state index contributed by atoms with van der Waals surface area (Å²) >= 11 is 5.83. The van der Waals surface area contributed by atoms with Crippen molar-refractivity contribution in [3.63, 3.8) is 0 Å². The molecule has 1 aliphatic heterocycles. The molecule has 1 N–H and O–H groups in total. The van der Waals surface area contributed by atoms with Crippen molar-refractivity contribution in [2.45, 2.75) is 31.8 Å². The molecule has 2 rings (SSSR count). The summed E-state index contributed by atoms with van der Waals surface area (Å²) in [5.41, 5.74) is -0.657. The van der Waals surface area contributed by atoms with E-state index in [1.54, 1.807) is 31.2 Å². The molecule has 1 aromatic carbocycles. The summed E-state index contributed by atoms with van der Waals surface area (Å²) in [5.74, 6) is 6.68. The number of quaternary nitrogens is 1. The van der Waals surface area contributed by atoms with Crippen LogP contribution in [0.2, 0.25) is 5.02 Å². The van der Waals surface area contributed by atoms with E-state index < -0.39 is 5.60 Å². The lowest BCUT2D eigenvalue weighted by Crippen LogP contribution is -3.10. The van der Waals surface area contributed by atoms with E-state index in [0.717, 1.165) is 31.7 Å². The summed E-state index contributed by atoms with van der Waals surface area (Å²) in [6.45, 7) is 3.95. The van der Waals surface area contributed by atoms with Gasteiger partial charge in [-0.25, -0.2) is 0 Å². The highest BCUT2D eigenvalue weighted by molar-refractivity contribution is 6.30. The predicted octanol–water partition coefficient (Wildman–Crippen LogP) is -1.27. The minimum Gasteiger partial charge on any atom is -1.00 e. The number of esters is 1. The molecule has 1 saturated heterocycles. The third-order valence-electron chi connectivity index (χ3n) is 3.95. The van der Waals surface area contributed by atoms with Crippen molar-refractivity contribution in [3.8, 4) is 17.6 Å². The monoisotopic (exact) mass is 371 g/mol. The maximum atomic E-state index is 11.7. The second kappa shape index (κ2) is 9.78. The van der Waals surface area contributed by atoms with Gasteiger partial charge in [0.05, 0.1) is 20.1 Å². The van der Waals surface area contributed by atoms with Crippen LogP contribution in [0.5, 0.6) is 5.75 Å². The van der Waals surface area contributed by atoms with Crippen LogP contribution < -0.4 is 22.0 Å². The molecular formula is C18H23Cl2NO3. The number of carbonyl (C=O) groups is 1. The summed E-state index contributed by atoms with van der Waals surface area (Å²) in [6.07, 6.45) is 1.89. The molecule has 0 aliphatic carbocycles. The molecule has 0 atom stereocenters. The molecule has 0 unspecified atom stereocenters. The SMILES string of the molecule is CCC(=O)OC1(C#CCOc2ccc(Cl)cc2)CC[NH+](C)CC1.[Cl-]. The summed E-state index contributed by atoms with van der Waals surface area (Å²) < 4.78 is 11.2. The van der Waals surface area contributed by atoms with E-state index in [4.69, 9.17) is 21.1 Å². The normalized spacial score (nSPS) is 22.5. The maximum absolute atomic E-state index is 11.7. The second-order valence-electron chi connectivity index (χ2n) is 5.82. The fraction of sp³-hybridized carbons (Fsp3) is 0.500. The van der Waals surface area contributed by atoms with Gasteiger partial charge in [0.2, 0.25) is 0 Å². The standard InChI is InChI=1S/C18H22ClNO3.ClH/c1-3-17(21)23-18(10-12-20(2)13-11-18)9-4-14-22-16-7-5-15(19)6-8-16;/h5-8H,3,10-14H2,1-2H3;1H. The van der Waals surface area contributed by atoms with Crippen molar-refractivity contribution in [2.24, 2.45) is 0 Å². The molecule has 0 spiro atoms. The van der Waals surface area contributed by atoms with Crippen molar-refractivity contribution in [2.75, 3.05) is 26.7 Å². The number of carbonyl (C=O) groups excluding carboxylic acids is 1. The smallest absolute Gasteiger partial charge is 0.307 e. The first-order valence-electron chi connectivity index (χ1n) is 7.94. The largest absolute Gasteiger partial charge is 1.00 e. The molecule has 0 aromatic heterocycles. The maximum Gasteiger partial charge on any atom is 0.307 e. The molecule has 1 aliphatic rings. The zero-order valence-electron chi connectivity index (χ0n) is 14.0. The van der Waals surface area contributed by atoms with E-state index >= 15 is 0 Å². The van der Waals surface area contributed by atoms with Crippen molar-refractivity contribution in [3.05, 3.63) is 29.3 Å². The van der Waals surface area contributed by atoms with E-state index in [2.05, 4.69) is 18.9 Å². The fourth-order valence-electron chi connectivity index (χ4n) is 2.47. The van der Waals surface area contributed by atoms with Gasteiger partial charge in [0.15, 0.2) is 5.60 Å². The lowest BCUT2D eigenvalue weighted by molar-refractivity contribution is -0.886. The van der Waals surface area contributed by atoms with Gasteiger partial charge >= 0.3 is 5.97 Å². The van der Waals surface area contributed by atoms with Gasteiger partial charge < -0.3 is 26.8 Å². The van der Waals surface area contributed by atoms with Gasteiger partial charge in [-0.1, -0.05) is 30.4 Å². The van der Waals surface area contributed by atoms with Gasteiger partial charge in [0.1, 0.15) is 12.4 Å². The number of ether oxygens (including phenoxy) is 2. The van der Waals surface area contributed by atoms with Gasteiger partial charge in [0.25, 0.3) is 0 Å². The minimum atomic E-state index is -0.657. The Kier molecular flexibility index (Phi) is 8.41. The molecule has 0 radical (unpaired) electrons. The zero-order valence-corrected chi connectivity index (χ0v) is 15.5. The number of piperidine rings is 1. The molecule has 24 heavy (non-hydrogen) atoms. The summed E-state index contributed by atoms with van der Waals surface area (Å²) in [6, 6.07) is 7.15. The molecule has 1 fully saturated rings. The highest BCUT2D eigenvalue weighted by Crippen LogP contribution is 2.22. The Morgan fingerprint density at radius 3 is 2.50 bits per heavy atom. The highest BCUT2D eigenvalue weighted by atomic mass is 35.5. The first-order chi connectivity index (χ1) is 11.0. The number of rotatable bonds is 4. The summed E-state index contributed by atoms with van der Waals surface area (Å²) in [5, 5.41) is 0.669. The topological polar surface area (TPSA) is 40.0 Å². The number of benzene rings is 1. The Hall–Kier alpha value is -1.41. The number of nitrogens with one attached hydrogen (secondary N) is 1. The molecule has 0 bridgehead atoms. The third kappa shape index (κ3) is 6.24. The molecule has 4 nitrogen and oxygen atoms in total. The molecule has 1 heterocycles. The van der Waals surface area contributed by atoms with Crippen LogP contribution in [0.3, 0.4) is 0 Å². The lowest BCUT2D eigenvalue weighted by Gasteiger charge is -2.34. The van der Waals surface area contributed by atoms with Crippen LogP contribution in [-0.2, 0) is 9.53 Å². The number of hydrogen-bond acceptors (Lipinski definition) is 3. The van der Waals surface area contributed by atoms with Crippen LogP contribution in [0, 0.1) is 11.8 Å². The van der Waals surface area contributed by atoms with Gasteiger partial charge in [0, 0.05) is 24.3 Å². The van der Waals surface area contributed by atoms with Crippen LogP contribution in [0.15, 0.2) is 24.3 Å². The Morgan fingerprint density at radius 1 is 1.29 bits per heavy atom. The van der Waals surface area contributed by atoms with E-state index in [9.17, 15) is 4.79 Å². The lowest BCUT2D eigenvalue weighted by atomic mass is 9.92. The highest BCUT2D eigenvalue weighted by Gasteiger charge is 2.37. The Bertz CT molecular complexity index is 585. The van der Waals surface area contributed by atoms with Gasteiger partial charge in [-0.05, 0) is 24.3 Å². The number of likely N-dealkylation sites (tertiary alicyclic amines) is 1. The first kappa shape index (κ1) is 20.6. The molecule has 0 amide bonds. The quantitative estimate of drug-likeness (QED) is 0.529. The van der Waals surface area contributed by atoms with Crippen LogP contribution in [-0.4, -0.2) is 38.3 Å². The van der Waals surface area contributed by atoms with Crippen LogP contribution in [0.4, 0.5) is 0 Å². The Labute approximate surface area is 154 Å². The Morgan fingerprint density at radius 2 is 1.92 bits per heavy atom. The first-order valence-corrected chi connectivity index (χ1v) is 8.32. The summed E-state index contributed by atoms with van der Waals surface area (Å²) in [7, 11) is 2.14.